The number of aromatic nitrogens is 2. The van der Waals surface area contributed by atoms with Crippen molar-refractivity contribution in [1.82, 2.24) is 20.8 Å². The molecule has 0 radical (unpaired) electrons. The third-order valence-electron chi connectivity index (χ3n) is 3.02. The first-order chi connectivity index (χ1) is 10.7. The van der Waals surface area contributed by atoms with Gasteiger partial charge in [0.2, 0.25) is 5.89 Å². The third kappa shape index (κ3) is 6.93. The maximum atomic E-state index is 13.1. The molecule has 0 aliphatic heterocycles. The van der Waals surface area contributed by atoms with Gasteiger partial charge in [0.1, 0.15) is 5.82 Å². The Labute approximate surface area is 152 Å². The van der Waals surface area contributed by atoms with Crippen molar-refractivity contribution in [3.05, 3.63) is 47.4 Å². The van der Waals surface area contributed by atoms with E-state index < -0.39 is 0 Å². The quantitative estimate of drug-likeness (QED) is 0.415. The van der Waals surface area contributed by atoms with E-state index in [1.54, 1.807) is 20.0 Å². The number of benzene rings is 1. The summed E-state index contributed by atoms with van der Waals surface area (Å²) >= 11 is 0. The highest BCUT2D eigenvalue weighted by Crippen LogP contribution is 2.03. The van der Waals surface area contributed by atoms with E-state index in [0.29, 0.717) is 37.2 Å². The number of guanidine groups is 1. The molecule has 2 aromatic rings. The molecule has 23 heavy (non-hydrogen) atoms. The predicted octanol–water partition coefficient (Wildman–Crippen LogP) is 2.09. The Morgan fingerprint density at radius 1 is 1.26 bits per heavy atom. The summed E-state index contributed by atoms with van der Waals surface area (Å²) in [5.74, 6) is 1.70. The molecule has 0 fully saturated rings. The Kier molecular flexibility index (Phi) is 8.52. The molecular formula is C15H21FIN5O. The lowest BCUT2D eigenvalue weighted by atomic mass is 10.1. The van der Waals surface area contributed by atoms with Crippen LogP contribution in [0.2, 0.25) is 0 Å². The average molecular weight is 433 g/mol. The molecule has 1 heterocycles. The number of nitrogens with zero attached hydrogens (tertiary/aromatic N) is 3. The van der Waals surface area contributed by atoms with E-state index in [1.807, 2.05) is 6.07 Å². The SMILES string of the molecule is CN=C(NCCc1cccc(F)c1)NCCc1nc(C)no1.I. The second-order valence-electron chi connectivity index (χ2n) is 4.79. The van der Waals surface area contributed by atoms with Gasteiger partial charge in [-0.1, -0.05) is 17.3 Å². The second-order valence-corrected chi connectivity index (χ2v) is 4.79. The van der Waals surface area contributed by atoms with E-state index in [4.69, 9.17) is 4.52 Å². The molecule has 126 valence electrons. The molecule has 0 saturated carbocycles. The lowest BCUT2D eigenvalue weighted by Crippen LogP contribution is -2.39. The van der Waals surface area contributed by atoms with Crippen molar-refractivity contribution in [2.45, 2.75) is 19.8 Å². The topological polar surface area (TPSA) is 75.3 Å². The van der Waals surface area contributed by atoms with Crippen LogP contribution in [0, 0.1) is 12.7 Å². The molecule has 0 spiro atoms. The summed E-state index contributed by atoms with van der Waals surface area (Å²) < 4.78 is 18.1. The van der Waals surface area contributed by atoms with Crippen LogP contribution < -0.4 is 10.6 Å². The zero-order chi connectivity index (χ0) is 15.8. The molecule has 2 rings (SSSR count). The summed E-state index contributed by atoms with van der Waals surface area (Å²) in [6.45, 7) is 3.09. The van der Waals surface area contributed by atoms with Gasteiger partial charge in [0, 0.05) is 26.6 Å². The van der Waals surface area contributed by atoms with E-state index in [1.165, 1.54) is 12.1 Å². The molecule has 0 saturated heterocycles. The molecular weight excluding hydrogens is 412 g/mol. The maximum Gasteiger partial charge on any atom is 0.228 e. The molecule has 8 heteroatoms. The third-order valence-corrected chi connectivity index (χ3v) is 3.02. The smallest absolute Gasteiger partial charge is 0.228 e. The van der Waals surface area contributed by atoms with Gasteiger partial charge in [0.15, 0.2) is 11.8 Å². The number of hydrogen-bond acceptors (Lipinski definition) is 4. The standard InChI is InChI=1S/C15H20FN5O.HI/c1-11-20-14(22-21-11)7-9-19-15(17-2)18-8-6-12-4-3-5-13(16)10-12;/h3-5,10H,6-9H2,1-2H3,(H2,17,18,19);1H. The van der Waals surface area contributed by atoms with Gasteiger partial charge in [0.25, 0.3) is 0 Å². The summed E-state index contributed by atoms with van der Waals surface area (Å²) in [6.07, 6.45) is 1.35. The molecule has 0 bridgehead atoms. The first kappa shape index (κ1) is 19.3. The van der Waals surface area contributed by atoms with Crippen molar-refractivity contribution in [3.8, 4) is 0 Å². The van der Waals surface area contributed by atoms with Crippen molar-refractivity contribution < 1.29 is 8.91 Å². The Morgan fingerprint density at radius 3 is 2.61 bits per heavy atom. The molecule has 6 nitrogen and oxygen atoms in total. The first-order valence-corrected chi connectivity index (χ1v) is 7.15. The maximum absolute atomic E-state index is 13.1. The Hall–Kier alpha value is -1.71. The summed E-state index contributed by atoms with van der Waals surface area (Å²) in [5.41, 5.74) is 0.948. The number of aliphatic imine (C=N–C) groups is 1. The van der Waals surface area contributed by atoms with Crippen LogP contribution in [0.5, 0.6) is 0 Å². The molecule has 0 aliphatic rings. The highest BCUT2D eigenvalue weighted by molar-refractivity contribution is 14.0. The molecule has 0 unspecified atom stereocenters. The zero-order valence-corrected chi connectivity index (χ0v) is 15.5. The van der Waals surface area contributed by atoms with Crippen LogP contribution in [0.15, 0.2) is 33.8 Å². The van der Waals surface area contributed by atoms with Gasteiger partial charge in [-0.2, -0.15) is 4.98 Å². The zero-order valence-electron chi connectivity index (χ0n) is 13.2. The monoisotopic (exact) mass is 433 g/mol. The Morgan fingerprint density at radius 2 is 2.00 bits per heavy atom. The van der Waals surface area contributed by atoms with Gasteiger partial charge in [-0.05, 0) is 31.0 Å². The Balaban J connectivity index is 0.00000264. The summed E-state index contributed by atoms with van der Waals surface area (Å²) in [7, 11) is 1.70. The number of aryl methyl sites for hydroxylation is 1. The predicted molar refractivity (Wildman–Crippen MR) is 97.6 cm³/mol. The molecule has 1 aromatic heterocycles. The minimum Gasteiger partial charge on any atom is -0.356 e. The van der Waals surface area contributed by atoms with Crippen LogP contribution in [0.25, 0.3) is 0 Å². The molecule has 0 atom stereocenters. The van der Waals surface area contributed by atoms with E-state index in [2.05, 4.69) is 25.8 Å². The van der Waals surface area contributed by atoms with Gasteiger partial charge in [-0.15, -0.1) is 24.0 Å². The lowest BCUT2D eigenvalue weighted by Gasteiger charge is -2.11. The summed E-state index contributed by atoms with van der Waals surface area (Å²) in [5, 5.41) is 10.1. The number of halogens is 2. The molecule has 0 amide bonds. The van der Waals surface area contributed by atoms with Crippen molar-refractivity contribution in [2.75, 3.05) is 20.1 Å². The van der Waals surface area contributed by atoms with Crippen LogP contribution in [-0.4, -0.2) is 36.2 Å². The van der Waals surface area contributed by atoms with Crippen LogP contribution in [0.1, 0.15) is 17.3 Å². The van der Waals surface area contributed by atoms with Crippen LogP contribution in [0.3, 0.4) is 0 Å². The summed E-state index contributed by atoms with van der Waals surface area (Å²) in [6, 6.07) is 6.59. The summed E-state index contributed by atoms with van der Waals surface area (Å²) in [4.78, 5) is 8.26. The molecule has 0 aliphatic carbocycles. The minimum atomic E-state index is -0.213. The van der Waals surface area contributed by atoms with E-state index in [0.717, 1.165) is 12.0 Å². The minimum absolute atomic E-state index is 0. The fourth-order valence-corrected chi connectivity index (χ4v) is 1.97. The molecule has 2 N–H and O–H groups in total. The Bertz CT molecular complexity index is 632. The van der Waals surface area contributed by atoms with Crippen molar-refractivity contribution in [2.24, 2.45) is 4.99 Å². The fraction of sp³-hybridized carbons (Fsp3) is 0.400. The molecule has 1 aromatic carbocycles. The van der Waals surface area contributed by atoms with Gasteiger partial charge >= 0.3 is 0 Å². The van der Waals surface area contributed by atoms with E-state index >= 15 is 0 Å². The highest BCUT2D eigenvalue weighted by Gasteiger charge is 2.03. The first-order valence-electron chi connectivity index (χ1n) is 7.15. The normalized spacial score (nSPS) is 11.0. The highest BCUT2D eigenvalue weighted by atomic mass is 127. The van der Waals surface area contributed by atoms with Gasteiger partial charge in [0.05, 0.1) is 0 Å². The van der Waals surface area contributed by atoms with E-state index in [9.17, 15) is 4.39 Å². The van der Waals surface area contributed by atoms with Crippen molar-refractivity contribution in [1.29, 1.82) is 0 Å². The van der Waals surface area contributed by atoms with E-state index in [-0.39, 0.29) is 29.8 Å². The lowest BCUT2D eigenvalue weighted by molar-refractivity contribution is 0.374. The second kappa shape index (κ2) is 10.1. The number of rotatable bonds is 6. The van der Waals surface area contributed by atoms with Crippen LogP contribution >= 0.6 is 24.0 Å². The van der Waals surface area contributed by atoms with Crippen molar-refractivity contribution >= 4 is 29.9 Å². The average Bonchev–Trinajstić information content (AvgIpc) is 2.91. The van der Waals surface area contributed by atoms with Crippen LogP contribution in [-0.2, 0) is 12.8 Å². The number of nitrogens with one attached hydrogen (secondary N) is 2. The fourth-order valence-electron chi connectivity index (χ4n) is 1.97. The van der Waals surface area contributed by atoms with Gasteiger partial charge < -0.3 is 15.2 Å². The number of hydrogen-bond donors (Lipinski definition) is 2. The van der Waals surface area contributed by atoms with Gasteiger partial charge in [-0.25, -0.2) is 4.39 Å². The van der Waals surface area contributed by atoms with Crippen LogP contribution in [0.4, 0.5) is 4.39 Å². The van der Waals surface area contributed by atoms with Crippen molar-refractivity contribution in [3.63, 3.8) is 0 Å². The van der Waals surface area contributed by atoms with Gasteiger partial charge in [-0.3, -0.25) is 4.99 Å². The largest absolute Gasteiger partial charge is 0.356 e.